The molecule has 11 nitrogen and oxygen atoms in total. The first-order chi connectivity index (χ1) is 19.2. The lowest BCUT2D eigenvalue weighted by Gasteiger charge is -2.28. The lowest BCUT2D eigenvalue weighted by atomic mass is 10.2. The maximum absolute atomic E-state index is 12.9. The SMILES string of the molecule is COc1cc(/C=C2\SC(=O)N(CC(=O)Nc3ccc(N4CCOCC4)cc3)C2=O)ccc1OCC(=O)OC(C)C. The molecule has 2 heterocycles. The van der Waals surface area contributed by atoms with Gasteiger partial charge in [-0.3, -0.25) is 19.3 Å². The molecule has 2 saturated heterocycles. The van der Waals surface area contributed by atoms with E-state index < -0.39 is 29.6 Å². The van der Waals surface area contributed by atoms with Gasteiger partial charge >= 0.3 is 5.97 Å². The molecule has 0 atom stereocenters. The quantitative estimate of drug-likeness (QED) is 0.336. The van der Waals surface area contributed by atoms with Crippen LogP contribution in [0.3, 0.4) is 0 Å². The molecule has 2 aliphatic rings. The van der Waals surface area contributed by atoms with Crippen molar-refractivity contribution < 1.29 is 38.1 Å². The van der Waals surface area contributed by atoms with E-state index in [4.69, 9.17) is 18.9 Å². The minimum atomic E-state index is -0.566. The number of carbonyl (C=O) groups is 4. The number of hydrogen-bond acceptors (Lipinski definition) is 10. The zero-order valence-electron chi connectivity index (χ0n) is 22.5. The molecule has 2 fully saturated rings. The summed E-state index contributed by atoms with van der Waals surface area (Å²) in [5, 5.41) is 2.20. The zero-order valence-corrected chi connectivity index (χ0v) is 23.3. The summed E-state index contributed by atoms with van der Waals surface area (Å²) in [5.41, 5.74) is 2.17. The molecule has 12 heteroatoms. The van der Waals surface area contributed by atoms with Crippen LogP contribution in [0.25, 0.3) is 6.08 Å². The number of amides is 3. The summed E-state index contributed by atoms with van der Waals surface area (Å²) in [7, 11) is 1.45. The molecule has 3 amide bonds. The van der Waals surface area contributed by atoms with Crippen molar-refractivity contribution in [3.05, 3.63) is 52.9 Å². The summed E-state index contributed by atoms with van der Waals surface area (Å²) in [6.07, 6.45) is 1.28. The molecule has 0 radical (unpaired) electrons. The van der Waals surface area contributed by atoms with E-state index in [0.29, 0.717) is 36.0 Å². The predicted octanol–water partition coefficient (Wildman–Crippen LogP) is 3.54. The van der Waals surface area contributed by atoms with E-state index >= 15 is 0 Å². The van der Waals surface area contributed by atoms with Crippen molar-refractivity contribution in [1.29, 1.82) is 0 Å². The van der Waals surface area contributed by atoms with Gasteiger partial charge in [0.15, 0.2) is 18.1 Å². The monoisotopic (exact) mass is 569 g/mol. The van der Waals surface area contributed by atoms with E-state index in [1.807, 2.05) is 12.1 Å². The Morgan fingerprint density at radius 2 is 1.80 bits per heavy atom. The largest absolute Gasteiger partial charge is 0.493 e. The van der Waals surface area contributed by atoms with Gasteiger partial charge in [-0.2, -0.15) is 0 Å². The highest BCUT2D eigenvalue weighted by molar-refractivity contribution is 8.18. The van der Waals surface area contributed by atoms with E-state index in [0.717, 1.165) is 35.4 Å². The number of morpholine rings is 1. The van der Waals surface area contributed by atoms with Crippen LogP contribution in [0.4, 0.5) is 16.2 Å². The topological polar surface area (TPSA) is 124 Å². The number of thioether (sulfide) groups is 1. The van der Waals surface area contributed by atoms with E-state index in [9.17, 15) is 19.2 Å². The summed E-state index contributed by atoms with van der Waals surface area (Å²) < 4.78 is 21.3. The van der Waals surface area contributed by atoms with Crippen LogP contribution >= 0.6 is 11.8 Å². The van der Waals surface area contributed by atoms with Crippen molar-refractivity contribution in [3.63, 3.8) is 0 Å². The minimum Gasteiger partial charge on any atom is -0.493 e. The summed E-state index contributed by atoms with van der Waals surface area (Å²) in [6, 6.07) is 12.2. The Morgan fingerprint density at radius 1 is 1.07 bits per heavy atom. The Hall–Kier alpha value is -4.03. The van der Waals surface area contributed by atoms with Crippen LogP contribution in [-0.2, 0) is 23.9 Å². The Bertz CT molecular complexity index is 1290. The molecular weight excluding hydrogens is 538 g/mol. The Morgan fingerprint density at radius 3 is 2.48 bits per heavy atom. The molecule has 0 saturated carbocycles. The Balaban J connectivity index is 1.35. The molecular formula is C28H31N3O8S. The molecule has 4 rings (SSSR count). The van der Waals surface area contributed by atoms with Gasteiger partial charge in [0.25, 0.3) is 11.1 Å². The minimum absolute atomic E-state index is 0.170. The maximum Gasteiger partial charge on any atom is 0.344 e. The number of hydrogen-bond donors (Lipinski definition) is 1. The number of esters is 1. The number of ether oxygens (including phenoxy) is 4. The van der Waals surface area contributed by atoms with Gasteiger partial charge in [0, 0.05) is 24.5 Å². The fourth-order valence-electron chi connectivity index (χ4n) is 4.04. The number of nitrogens with one attached hydrogen (secondary N) is 1. The molecule has 1 N–H and O–H groups in total. The second-order valence-electron chi connectivity index (χ2n) is 9.20. The van der Waals surface area contributed by atoms with E-state index in [2.05, 4.69) is 10.2 Å². The van der Waals surface area contributed by atoms with Crippen LogP contribution in [0.15, 0.2) is 47.4 Å². The number of benzene rings is 2. The second kappa shape index (κ2) is 13.4. The molecule has 0 spiro atoms. The van der Waals surface area contributed by atoms with E-state index in [1.54, 1.807) is 44.2 Å². The molecule has 2 aromatic carbocycles. The first-order valence-corrected chi connectivity index (χ1v) is 13.5. The predicted molar refractivity (Wildman–Crippen MR) is 150 cm³/mol. The highest BCUT2D eigenvalue weighted by Gasteiger charge is 2.36. The summed E-state index contributed by atoms with van der Waals surface area (Å²) in [4.78, 5) is 53.1. The third-order valence-electron chi connectivity index (χ3n) is 5.90. The zero-order chi connectivity index (χ0) is 28.6. The fourth-order valence-corrected chi connectivity index (χ4v) is 4.87. The number of rotatable bonds is 10. The van der Waals surface area contributed by atoms with Gasteiger partial charge in [-0.1, -0.05) is 6.07 Å². The summed E-state index contributed by atoms with van der Waals surface area (Å²) in [5.74, 6) is -0.901. The first-order valence-electron chi connectivity index (χ1n) is 12.7. The van der Waals surface area contributed by atoms with Crippen molar-refractivity contribution in [2.75, 3.05) is 56.8 Å². The van der Waals surface area contributed by atoms with E-state index in [-0.39, 0.29) is 17.6 Å². The lowest BCUT2D eigenvalue weighted by molar-refractivity contribution is -0.149. The Kier molecular flexibility index (Phi) is 9.67. The molecule has 0 unspecified atom stereocenters. The van der Waals surface area contributed by atoms with Crippen molar-refractivity contribution in [1.82, 2.24) is 4.90 Å². The van der Waals surface area contributed by atoms with Gasteiger partial charge < -0.3 is 29.2 Å². The smallest absolute Gasteiger partial charge is 0.344 e. The van der Waals surface area contributed by atoms with Crippen molar-refractivity contribution in [2.24, 2.45) is 0 Å². The van der Waals surface area contributed by atoms with Crippen LogP contribution in [0.5, 0.6) is 11.5 Å². The molecule has 2 aliphatic heterocycles. The molecule has 0 aliphatic carbocycles. The highest BCUT2D eigenvalue weighted by Crippen LogP contribution is 2.34. The Labute approximate surface area is 236 Å². The van der Waals surface area contributed by atoms with Gasteiger partial charge in [0.1, 0.15) is 6.54 Å². The number of nitrogens with zero attached hydrogens (tertiary/aromatic N) is 2. The van der Waals surface area contributed by atoms with Crippen molar-refractivity contribution in [3.8, 4) is 11.5 Å². The van der Waals surface area contributed by atoms with Crippen LogP contribution in [-0.4, -0.2) is 80.6 Å². The number of methoxy groups -OCH3 is 1. The molecule has 40 heavy (non-hydrogen) atoms. The third kappa shape index (κ3) is 7.54. The average molecular weight is 570 g/mol. The molecule has 0 bridgehead atoms. The first kappa shape index (κ1) is 29.0. The van der Waals surface area contributed by atoms with Crippen LogP contribution in [0.1, 0.15) is 19.4 Å². The van der Waals surface area contributed by atoms with Crippen molar-refractivity contribution >= 4 is 52.2 Å². The van der Waals surface area contributed by atoms with Gasteiger partial charge in [0.2, 0.25) is 5.91 Å². The van der Waals surface area contributed by atoms with Gasteiger partial charge in [-0.25, -0.2) is 4.79 Å². The lowest BCUT2D eigenvalue weighted by Crippen LogP contribution is -2.36. The standard InChI is InChI=1S/C28H31N3O8S/c1-18(2)39-26(33)17-38-22-9-4-19(14-23(22)36-3)15-24-27(34)31(28(35)40-24)16-25(32)29-20-5-7-21(8-6-20)30-10-12-37-13-11-30/h4-9,14-15,18H,10-13,16-17H2,1-3H3,(H,29,32)/b24-15-. The number of imide groups is 1. The van der Waals surface area contributed by atoms with Gasteiger partial charge in [0.05, 0.1) is 31.3 Å². The van der Waals surface area contributed by atoms with Crippen molar-refractivity contribution in [2.45, 2.75) is 20.0 Å². The maximum atomic E-state index is 12.9. The normalized spacial score (nSPS) is 16.4. The van der Waals surface area contributed by atoms with Crippen LogP contribution in [0, 0.1) is 0 Å². The second-order valence-corrected chi connectivity index (χ2v) is 10.2. The van der Waals surface area contributed by atoms with E-state index in [1.165, 1.54) is 13.2 Å². The van der Waals surface area contributed by atoms with Crippen LogP contribution in [0.2, 0.25) is 0 Å². The van der Waals surface area contributed by atoms with Gasteiger partial charge in [-0.15, -0.1) is 0 Å². The molecule has 0 aromatic heterocycles. The highest BCUT2D eigenvalue weighted by atomic mass is 32.2. The van der Waals surface area contributed by atoms with Crippen LogP contribution < -0.4 is 19.7 Å². The average Bonchev–Trinajstić information content (AvgIpc) is 3.19. The fraction of sp³-hybridized carbons (Fsp3) is 0.357. The summed E-state index contributed by atoms with van der Waals surface area (Å²) in [6.45, 7) is 5.75. The van der Waals surface area contributed by atoms with Gasteiger partial charge in [-0.05, 0) is 73.6 Å². The molecule has 2 aromatic rings. The third-order valence-corrected chi connectivity index (χ3v) is 6.81. The summed E-state index contributed by atoms with van der Waals surface area (Å²) >= 11 is 0.750. The number of carbonyl (C=O) groups excluding carboxylic acids is 4. The number of anilines is 2. The molecule has 212 valence electrons.